The Bertz CT molecular complexity index is 303. The molecule has 0 saturated carbocycles. The summed E-state index contributed by atoms with van der Waals surface area (Å²) in [5, 5.41) is 8.29. The predicted molar refractivity (Wildman–Crippen MR) is 68.8 cm³/mol. The van der Waals surface area contributed by atoms with E-state index in [1.165, 1.54) is 42.1 Å². The summed E-state index contributed by atoms with van der Waals surface area (Å²) in [5.41, 5.74) is 0. The van der Waals surface area contributed by atoms with E-state index in [0.29, 0.717) is 6.04 Å². The van der Waals surface area contributed by atoms with E-state index in [9.17, 15) is 0 Å². The summed E-state index contributed by atoms with van der Waals surface area (Å²) < 4.78 is 0. The lowest BCUT2D eigenvalue weighted by Gasteiger charge is -2.15. The van der Waals surface area contributed by atoms with Gasteiger partial charge in [0.1, 0.15) is 5.01 Å². The van der Waals surface area contributed by atoms with Crippen molar-refractivity contribution in [2.75, 3.05) is 13.1 Å². The van der Waals surface area contributed by atoms with E-state index in [-0.39, 0.29) is 0 Å². The van der Waals surface area contributed by atoms with Gasteiger partial charge >= 0.3 is 0 Å². The van der Waals surface area contributed by atoms with Crippen LogP contribution in [0.2, 0.25) is 0 Å². The number of aryl methyl sites for hydroxylation is 1. The van der Waals surface area contributed by atoms with Gasteiger partial charge in [0.2, 0.25) is 0 Å². The van der Waals surface area contributed by atoms with E-state index in [4.69, 9.17) is 0 Å². The Morgan fingerprint density at radius 1 is 1.50 bits per heavy atom. The molecule has 1 aliphatic heterocycles. The molecule has 0 radical (unpaired) electrons. The topological polar surface area (TPSA) is 37.0 Å². The molecule has 16 heavy (non-hydrogen) atoms. The van der Waals surface area contributed by atoms with Crippen molar-refractivity contribution >= 4 is 11.3 Å². The van der Waals surface area contributed by atoms with Gasteiger partial charge in [0.15, 0.2) is 0 Å². The maximum atomic E-state index is 4.35. The molecule has 3 nitrogen and oxygen atoms in total. The van der Waals surface area contributed by atoms with E-state index in [1.54, 1.807) is 11.3 Å². The molecule has 1 fully saturated rings. The second kappa shape index (κ2) is 6.33. The molecule has 1 aromatic heterocycles. The highest BCUT2D eigenvalue weighted by atomic mass is 32.1. The number of hydrogen-bond donors (Lipinski definition) is 2. The summed E-state index contributed by atoms with van der Waals surface area (Å²) in [7, 11) is 0. The third kappa shape index (κ3) is 3.85. The van der Waals surface area contributed by atoms with E-state index in [1.807, 2.05) is 6.20 Å². The van der Waals surface area contributed by atoms with Gasteiger partial charge in [-0.3, -0.25) is 0 Å². The number of nitrogens with one attached hydrogen (secondary N) is 2. The van der Waals surface area contributed by atoms with Crippen LogP contribution in [0.15, 0.2) is 6.20 Å². The Balaban J connectivity index is 1.67. The van der Waals surface area contributed by atoms with Crippen LogP contribution < -0.4 is 10.6 Å². The van der Waals surface area contributed by atoms with Gasteiger partial charge < -0.3 is 10.6 Å². The summed E-state index contributed by atoms with van der Waals surface area (Å²) in [6, 6.07) is 0.656. The van der Waals surface area contributed by atoms with Crippen molar-refractivity contribution in [3.05, 3.63) is 16.1 Å². The number of thiazole rings is 1. The fraction of sp³-hybridized carbons (Fsp3) is 0.750. The van der Waals surface area contributed by atoms with Gasteiger partial charge in [0.25, 0.3) is 0 Å². The predicted octanol–water partition coefficient (Wildman–Crippen LogP) is 2.07. The van der Waals surface area contributed by atoms with Gasteiger partial charge in [-0.05, 0) is 26.3 Å². The molecule has 0 amide bonds. The Morgan fingerprint density at radius 2 is 2.44 bits per heavy atom. The average molecular weight is 239 g/mol. The lowest BCUT2D eigenvalue weighted by atomic mass is 10.1. The first-order valence-corrected chi connectivity index (χ1v) is 7.01. The van der Waals surface area contributed by atoms with Crippen LogP contribution in [-0.4, -0.2) is 24.1 Å². The Labute approximate surface area is 102 Å². The van der Waals surface area contributed by atoms with Crippen molar-refractivity contribution in [1.82, 2.24) is 15.6 Å². The van der Waals surface area contributed by atoms with Crippen LogP contribution in [-0.2, 0) is 6.54 Å². The second-order valence-electron chi connectivity index (χ2n) is 4.50. The highest BCUT2D eigenvalue weighted by Crippen LogP contribution is 2.11. The number of rotatable bonds is 4. The van der Waals surface area contributed by atoms with Crippen molar-refractivity contribution in [3.63, 3.8) is 0 Å². The molecule has 90 valence electrons. The number of nitrogens with zero attached hydrogens (tertiary/aromatic N) is 1. The first-order valence-electron chi connectivity index (χ1n) is 6.20. The van der Waals surface area contributed by atoms with Crippen LogP contribution in [0.4, 0.5) is 0 Å². The van der Waals surface area contributed by atoms with Crippen molar-refractivity contribution in [3.8, 4) is 0 Å². The summed E-state index contributed by atoms with van der Waals surface area (Å²) in [6.45, 7) is 5.27. The molecule has 4 heteroatoms. The zero-order valence-corrected chi connectivity index (χ0v) is 10.8. The van der Waals surface area contributed by atoms with Crippen molar-refractivity contribution in [2.45, 2.75) is 45.2 Å². The van der Waals surface area contributed by atoms with Gasteiger partial charge in [0, 0.05) is 30.2 Å². The minimum Gasteiger partial charge on any atom is -0.313 e. The molecule has 2 rings (SSSR count). The number of hydrogen-bond acceptors (Lipinski definition) is 4. The summed E-state index contributed by atoms with van der Waals surface area (Å²) in [6.07, 6.45) is 7.35. The molecule has 0 aliphatic carbocycles. The second-order valence-corrected chi connectivity index (χ2v) is 5.82. The van der Waals surface area contributed by atoms with Crippen LogP contribution in [0.25, 0.3) is 0 Å². The molecular formula is C12H21N3S. The third-order valence-corrected chi connectivity index (χ3v) is 3.91. The highest BCUT2D eigenvalue weighted by Gasteiger charge is 2.10. The molecule has 0 spiro atoms. The molecule has 1 aliphatic rings. The largest absolute Gasteiger partial charge is 0.313 e. The van der Waals surface area contributed by atoms with Crippen molar-refractivity contribution in [2.24, 2.45) is 0 Å². The normalized spacial score (nSPS) is 21.9. The van der Waals surface area contributed by atoms with E-state index < -0.39 is 0 Å². The van der Waals surface area contributed by atoms with E-state index >= 15 is 0 Å². The Kier molecular flexibility index (Phi) is 4.75. The molecule has 0 aromatic carbocycles. The smallest absolute Gasteiger partial charge is 0.107 e. The van der Waals surface area contributed by atoms with Crippen LogP contribution >= 0.6 is 11.3 Å². The van der Waals surface area contributed by atoms with Gasteiger partial charge in [-0.15, -0.1) is 11.3 Å². The summed E-state index contributed by atoms with van der Waals surface area (Å²) in [5.74, 6) is 0. The minimum absolute atomic E-state index is 0.656. The Morgan fingerprint density at radius 3 is 3.25 bits per heavy atom. The SMILES string of the molecule is Cc1cnc(CNCC2CCCCCN2)s1. The maximum absolute atomic E-state index is 4.35. The fourth-order valence-electron chi connectivity index (χ4n) is 2.11. The first-order chi connectivity index (χ1) is 7.84. The zero-order valence-electron chi connectivity index (χ0n) is 9.96. The van der Waals surface area contributed by atoms with E-state index in [2.05, 4.69) is 22.5 Å². The molecule has 1 aromatic rings. The molecule has 2 N–H and O–H groups in total. The summed E-state index contributed by atoms with van der Waals surface area (Å²) >= 11 is 1.78. The van der Waals surface area contributed by atoms with Crippen LogP contribution in [0.1, 0.15) is 35.6 Å². The van der Waals surface area contributed by atoms with Crippen LogP contribution in [0.3, 0.4) is 0 Å². The van der Waals surface area contributed by atoms with Crippen molar-refractivity contribution in [1.29, 1.82) is 0 Å². The van der Waals surface area contributed by atoms with Crippen LogP contribution in [0.5, 0.6) is 0 Å². The molecule has 0 bridgehead atoms. The van der Waals surface area contributed by atoms with Crippen molar-refractivity contribution < 1.29 is 0 Å². The van der Waals surface area contributed by atoms with Gasteiger partial charge in [-0.25, -0.2) is 4.98 Å². The highest BCUT2D eigenvalue weighted by molar-refractivity contribution is 7.11. The molecule has 1 saturated heterocycles. The van der Waals surface area contributed by atoms with Gasteiger partial charge in [-0.2, -0.15) is 0 Å². The number of aromatic nitrogens is 1. The quantitative estimate of drug-likeness (QED) is 0.844. The van der Waals surface area contributed by atoms with E-state index in [0.717, 1.165) is 13.1 Å². The maximum Gasteiger partial charge on any atom is 0.107 e. The van der Waals surface area contributed by atoms with Gasteiger partial charge in [0.05, 0.1) is 0 Å². The molecule has 2 heterocycles. The third-order valence-electron chi connectivity index (χ3n) is 3.00. The molecule has 1 atom stereocenters. The fourth-order valence-corrected chi connectivity index (χ4v) is 2.87. The van der Waals surface area contributed by atoms with Gasteiger partial charge in [-0.1, -0.05) is 12.8 Å². The lowest BCUT2D eigenvalue weighted by Crippen LogP contribution is -2.37. The first kappa shape index (κ1) is 12.0. The average Bonchev–Trinajstić information content (AvgIpc) is 2.54. The summed E-state index contributed by atoms with van der Waals surface area (Å²) in [4.78, 5) is 5.65. The monoisotopic (exact) mass is 239 g/mol. The van der Waals surface area contributed by atoms with Crippen LogP contribution in [0, 0.1) is 6.92 Å². The lowest BCUT2D eigenvalue weighted by molar-refractivity contribution is 0.470. The molecular weight excluding hydrogens is 218 g/mol. The zero-order chi connectivity index (χ0) is 11.2. The molecule has 1 unspecified atom stereocenters. The minimum atomic E-state index is 0.656. The Hall–Kier alpha value is -0.450. The standard InChI is InChI=1S/C12H21N3S/c1-10-7-15-12(16-10)9-13-8-11-5-3-2-4-6-14-11/h7,11,13-14H,2-6,8-9H2,1H3.